The molecule has 86 valence electrons. The minimum atomic E-state index is 0. The standard InChI is InChI=1S/C12H15N3.ClH/c1-15(2)11-5-3-4-9-6-7-10(8-13)14-12(9)11;/h3-7H,8,13H2,1-2H3;1H. The van der Waals surface area contributed by atoms with Crippen LogP contribution in [0.2, 0.25) is 0 Å². The lowest BCUT2D eigenvalue weighted by Crippen LogP contribution is -2.10. The molecule has 1 aromatic carbocycles. The van der Waals surface area contributed by atoms with E-state index in [2.05, 4.69) is 28.1 Å². The average molecular weight is 238 g/mol. The van der Waals surface area contributed by atoms with Crippen LogP contribution in [0.25, 0.3) is 10.9 Å². The number of rotatable bonds is 2. The highest BCUT2D eigenvalue weighted by Crippen LogP contribution is 2.23. The highest BCUT2D eigenvalue weighted by atomic mass is 35.5. The monoisotopic (exact) mass is 237 g/mol. The van der Waals surface area contributed by atoms with Crippen molar-refractivity contribution >= 4 is 29.0 Å². The summed E-state index contributed by atoms with van der Waals surface area (Å²) in [6.07, 6.45) is 0. The molecule has 0 aliphatic carbocycles. The van der Waals surface area contributed by atoms with Gasteiger partial charge in [0.1, 0.15) is 0 Å². The van der Waals surface area contributed by atoms with E-state index in [9.17, 15) is 0 Å². The fourth-order valence-electron chi connectivity index (χ4n) is 1.65. The van der Waals surface area contributed by atoms with E-state index in [0.717, 1.165) is 22.3 Å². The van der Waals surface area contributed by atoms with Crippen molar-refractivity contribution in [1.29, 1.82) is 0 Å². The van der Waals surface area contributed by atoms with Crippen LogP contribution in [-0.4, -0.2) is 19.1 Å². The van der Waals surface area contributed by atoms with Gasteiger partial charge in [0.15, 0.2) is 0 Å². The zero-order valence-corrected chi connectivity index (χ0v) is 10.3. The molecule has 0 bridgehead atoms. The molecule has 16 heavy (non-hydrogen) atoms. The molecule has 1 aromatic heterocycles. The largest absolute Gasteiger partial charge is 0.376 e. The van der Waals surface area contributed by atoms with E-state index in [4.69, 9.17) is 5.73 Å². The Labute approximate surface area is 102 Å². The number of aromatic nitrogens is 1. The summed E-state index contributed by atoms with van der Waals surface area (Å²) < 4.78 is 0. The summed E-state index contributed by atoms with van der Waals surface area (Å²) in [6, 6.07) is 10.2. The van der Waals surface area contributed by atoms with Crippen molar-refractivity contribution in [1.82, 2.24) is 4.98 Å². The molecule has 0 atom stereocenters. The van der Waals surface area contributed by atoms with Crippen LogP contribution in [-0.2, 0) is 6.54 Å². The van der Waals surface area contributed by atoms with Crippen LogP contribution >= 0.6 is 12.4 Å². The SMILES string of the molecule is CN(C)c1cccc2ccc(CN)nc12.Cl. The first-order valence-corrected chi connectivity index (χ1v) is 4.98. The average Bonchev–Trinajstić information content (AvgIpc) is 2.27. The lowest BCUT2D eigenvalue weighted by Gasteiger charge is -2.14. The van der Waals surface area contributed by atoms with E-state index in [1.807, 2.05) is 26.2 Å². The molecule has 0 amide bonds. The van der Waals surface area contributed by atoms with Crippen molar-refractivity contribution in [3.8, 4) is 0 Å². The van der Waals surface area contributed by atoms with Gasteiger partial charge in [-0.25, -0.2) is 4.98 Å². The fraction of sp³-hybridized carbons (Fsp3) is 0.250. The van der Waals surface area contributed by atoms with Crippen LogP contribution in [0.3, 0.4) is 0 Å². The molecule has 0 spiro atoms. The third kappa shape index (κ3) is 2.26. The van der Waals surface area contributed by atoms with E-state index in [1.165, 1.54) is 0 Å². The lowest BCUT2D eigenvalue weighted by molar-refractivity contribution is 1.00. The maximum Gasteiger partial charge on any atom is 0.0938 e. The van der Waals surface area contributed by atoms with Crippen LogP contribution in [0, 0.1) is 0 Å². The molecule has 4 heteroatoms. The summed E-state index contributed by atoms with van der Waals surface area (Å²) in [5, 5.41) is 1.15. The molecule has 2 aromatic rings. The van der Waals surface area contributed by atoms with Crippen LogP contribution < -0.4 is 10.6 Å². The molecule has 0 radical (unpaired) electrons. The Morgan fingerprint density at radius 1 is 1.19 bits per heavy atom. The normalized spacial score (nSPS) is 9.94. The molecule has 0 saturated carbocycles. The molecule has 0 saturated heterocycles. The van der Waals surface area contributed by atoms with Gasteiger partial charge < -0.3 is 10.6 Å². The second-order valence-corrected chi connectivity index (χ2v) is 3.75. The van der Waals surface area contributed by atoms with Gasteiger partial charge in [-0.05, 0) is 12.1 Å². The highest BCUT2D eigenvalue weighted by Gasteiger charge is 2.04. The van der Waals surface area contributed by atoms with Crippen LogP contribution in [0.5, 0.6) is 0 Å². The number of nitrogens with zero attached hydrogens (tertiary/aromatic N) is 2. The number of halogens is 1. The summed E-state index contributed by atoms with van der Waals surface area (Å²) >= 11 is 0. The molecule has 0 aliphatic heterocycles. The number of para-hydroxylation sites is 1. The molecule has 2 N–H and O–H groups in total. The summed E-state index contributed by atoms with van der Waals surface area (Å²) in [5.74, 6) is 0. The Hall–Kier alpha value is -1.32. The number of hydrogen-bond acceptors (Lipinski definition) is 3. The number of benzene rings is 1. The van der Waals surface area contributed by atoms with Gasteiger partial charge in [-0.15, -0.1) is 12.4 Å². The molecular formula is C12H16ClN3. The maximum atomic E-state index is 5.59. The van der Waals surface area contributed by atoms with Gasteiger partial charge in [0.2, 0.25) is 0 Å². The van der Waals surface area contributed by atoms with Gasteiger partial charge in [0.05, 0.1) is 16.9 Å². The summed E-state index contributed by atoms with van der Waals surface area (Å²) in [6.45, 7) is 0.484. The zero-order chi connectivity index (χ0) is 10.8. The van der Waals surface area contributed by atoms with Crippen molar-refractivity contribution in [3.63, 3.8) is 0 Å². The topological polar surface area (TPSA) is 42.1 Å². The fourth-order valence-corrected chi connectivity index (χ4v) is 1.65. The first kappa shape index (κ1) is 12.7. The Balaban J connectivity index is 0.00000128. The van der Waals surface area contributed by atoms with Crippen molar-refractivity contribution in [2.75, 3.05) is 19.0 Å². The van der Waals surface area contributed by atoms with E-state index < -0.39 is 0 Å². The predicted octanol–water partition coefficient (Wildman–Crippen LogP) is 2.18. The van der Waals surface area contributed by atoms with Crippen LogP contribution in [0.1, 0.15) is 5.69 Å². The molecule has 2 rings (SSSR count). The number of hydrogen-bond donors (Lipinski definition) is 1. The van der Waals surface area contributed by atoms with Crippen LogP contribution in [0.4, 0.5) is 5.69 Å². The van der Waals surface area contributed by atoms with Crippen molar-refractivity contribution in [3.05, 3.63) is 36.0 Å². The minimum Gasteiger partial charge on any atom is -0.376 e. The maximum absolute atomic E-state index is 5.59. The molecule has 0 aliphatic rings. The van der Waals surface area contributed by atoms with E-state index in [-0.39, 0.29) is 12.4 Å². The van der Waals surface area contributed by atoms with Gasteiger partial charge in [-0.3, -0.25) is 0 Å². The third-order valence-electron chi connectivity index (χ3n) is 2.45. The first-order chi connectivity index (χ1) is 7.22. The second-order valence-electron chi connectivity index (χ2n) is 3.75. The predicted molar refractivity (Wildman–Crippen MR) is 71.2 cm³/mol. The quantitative estimate of drug-likeness (QED) is 0.871. The summed E-state index contributed by atoms with van der Waals surface area (Å²) in [7, 11) is 4.04. The summed E-state index contributed by atoms with van der Waals surface area (Å²) in [4.78, 5) is 6.61. The van der Waals surface area contributed by atoms with Crippen molar-refractivity contribution in [2.45, 2.75) is 6.54 Å². The number of pyridine rings is 1. The number of fused-ring (bicyclic) bond motifs is 1. The summed E-state index contributed by atoms with van der Waals surface area (Å²) in [5.41, 5.74) is 8.67. The Morgan fingerprint density at radius 3 is 2.56 bits per heavy atom. The Morgan fingerprint density at radius 2 is 1.94 bits per heavy atom. The molecular weight excluding hydrogens is 222 g/mol. The van der Waals surface area contributed by atoms with Crippen LogP contribution in [0.15, 0.2) is 30.3 Å². The van der Waals surface area contributed by atoms with E-state index in [1.54, 1.807) is 0 Å². The molecule has 0 fully saturated rings. The van der Waals surface area contributed by atoms with E-state index >= 15 is 0 Å². The zero-order valence-electron chi connectivity index (χ0n) is 9.47. The first-order valence-electron chi connectivity index (χ1n) is 4.98. The Bertz CT molecular complexity index is 483. The molecule has 1 heterocycles. The second kappa shape index (κ2) is 5.14. The third-order valence-corrected chi connectivity index (χ3v) is 2.45. The Kier molecular flexibility index (Phi) is 4.10. The smallest absolute Gasteiger partial charge is 0.0938 e. The number of anilines is 1. The van der Waals surface area contributed by atoms with E-state index in [0.29, 0.717) is 6.54 Å². The van der Waals surface area contributed by atoms with Gasteiger partial charge >= 0.3 is 0 Å². The van der Waals surface area contributed by atoms with Gasteiger partial charge in [-0.1, -0.05) is 18.2 Å². The van der Waals surface area contributed by atoms with Crippen molar-refractivity contribution < 1.29 is 0 Å². The highest BCUT2D eigenvalue weighted by molar-refractivity contribution is 5.90. The van der Waals surface area contributed by atoms with Gasteiger partial charge in [0.25, 0.3) is 0 Å². The molecule has 3 nitrogen and oxygen atoms in total. The minimum absolute atomic E-state index is 0. The van der Waals surface area contributed by atoms with Crippen molar-refractivity contribution in [2.24, 2.45) is 5.73 Å². The number of nitrogens with two attached hydrogens (primary N) is 1. The van der Waals surface area contributed by atoms with Gasteiger partial charge in [-0.2, -0.15) is 0 Å². The van der Waals surface area contributed by atoms with Gasteiger partial charge in [0, 0.05) is 26.0 Å². The molecule has 0 unspecified atom stereocenters. The lowest BCUT2D eigenvalue weighted by atomic mass is 10.1.